The fourth-order valence-electron chi connectivity index (χ4n) is 1.97. The van der Waals surface area contributed by atoms with E-state index < -0.39 is 5.60 Å². The van der Waals surface area contributed by atoms with Gasteiger partial charge in [0, 0.05) is 26.4 Å². The van der Waals surface area contributed by atoms with Crippen molar-refractivity contribution >= 4 is 11.9 Å². The first kappa shape index (κ1) is 14.0. The third-order valence-corrected chi connectivity index (χ3v) is 2.78. The summed E-state index contributed by atoms with van der Waals surface area (Å²) in [7, 11) is 0. The van der Waals surface area contributed by atoms with Gasteiger partial charge in [0.15, 0.2) is 0 Å². The van der Waals surface area contributed by atoms with E-state index in [1.165, 1.54) is 0 Å². The summed E-state index contributed by atoms with van der Waals surface area (Å²) < 4.78 is 5.30. The minimum atomic E-state index is -0.447. The SMILES string of the molecule is [CH2]C(=O)CC1CCN(C(=O)OC(C)(C)C)CC1. The van der Waals surface area contributed by atoms with Gasteiger partial charge in [-0.15, -0.1) is 0 Å². The lowest BCUT2D eigenvalue weighted by molar-refractivity contribution is -0.116. The number of hydrogen-bond donors (Lipinski definition) is 0. The number of ether oxygens (including phenoxy) is 1. The molecule has 1 aliphatic rings. The van der Waals surface area contributed by atoms with Crippen molar-refractivity contribution in [2.75, 3.05) is 13.1 Å². The second-order valence-corrected chi connectivity index (χ2v) is 5.65. The maximum atomic E-state index is 11.8. The zero-order valence-electron chi connectivity index (χ0n) is 11.0. The molecule has 0 atom stereocenters. The maximum absolute atomic E-state index is 11.8. The van der Waals surface area contributed by atoms with Crippen LogP contribution in [0.2, 0.25) is 0 Å². The summed E-state index contributed by atoms with van der Waals surface area (Å²) in [6.07, 6.45) is 2.00. The van der Waals surface area contributed by atoms with Crippen molar-refractivity contribution in [1.29, 1.82) is 0 Å². The third kappa shape index (κ3) is 5.20. The van der Waals surface area contributed by atoms with E-state index in [-0.39, 0.29) is 11.9 Å². The molecule has 0 aromatic carbocycles. The van der Waals surface area contributed by atoms with Gasteiger partial charge in [-0.1, -0.05) is 0 Å². The van der Waals surface area contributed by atoms with Crippen LogP contribution in [0.3, 0.4) is 0 Å². The van der Waals surface area contributed by atoms with E-state index in [0.717, 1.165) is 12.8 Å². The molecule has 1 radical (unpaired) electrons. The molecule has 1 aliphatic heterocycles. The molecular formula is C13H22NO3. The summed E-state index contributed by atoms with van der Waals surface area (Å²) in [5.74, 6) is 0.361. The van der Waals surface area contributed by atoms with E-state index in [9.17, 15) is 9.59 Å². The maximum Gasteiger partial charge on any atom is 0.410 e. The molecule has 0 unspecified atom stereocenters. The van der Waals surface area contributed by atoms with E-state index in [0.29, 0.717) is 25.4 Å². The van der Waals surface area contributed by atoms with Gasteiger partial charge in [0.25, 0.3) is 0 Å². The minimum Gasteiger partial charge on any atom is -0.444 e. The minimum absolute atomic E-state index is 0.0132. The van der Waals surface area contributed by atoms with Crippen LogP contribution in [0.1, 0.15) is 40.0 Å². The molecular weight excluding hydrogens is 218 g/mol. The molecule has 0 aromatic heterocycles. The van der Waals surface area contributed by atoms with Crippen LogP contribution in [-0.4, -0.2) is 35.5 Å². The first-order chi connectivity index (χ1) is 7.78. The number of rotatable bonds is 2. The Bertz CT molecular complexity index is 286. The molecule has 1 fully saturated rings. The molecule has 0 spiro atoms. The number of piperidine rings is 1. The Hall–Kier alpha value is -1.06. The fraction of sp³-hybridized carbons (Fsp3) is 0.769. The van der Waals surface area contributed by atoms with Crippen molar-refractivity contribution in [3.05, 3.63) is 6.92 Å². The Morgan fingerprint density at radius 2 is 1.82 bits per heavy atom. The Kier molecular flexibility index (Phi) is 4.54. The monoisotopic (exact) mass is 240 g/mol. The zero-order chi connectivity index (χ0) is 13.1. The number of Topliss-reactive ketones (excluding diaryl/α,β-unsaturated/α-hetero) is 1. The molecule has 1 rings (SSSR count). The van der Waals surface area contributed by atoms with Gasteiger partial charge in [0.2, 0.25) is 0 Å². The lowest BCUT2D eigenvalue weighted by Crippen LogP contribution is -2.41. The molecule has 0 bridgehead atoms. The van der Waals surface area contributed by atoms with E-state index >= 15 is 0 Å². The van der Waals surface area contributed by atoms with Gasteiger partial charge < -0.3 is 9.64 Å². The molecule has 4 heteroatoms. The molecule has 1 saturated heterocycles. The van der Waals surface area contributed by atoms with E-state index in [4.69, 9.17) is 4.74 Å². The number of carbonyl (C=O) groups excluding carboxylic acids is 2. The Balaban J connectivity index is 2.36. The van der Waals surface area contributed by atoms with Crippen molar-refractivity contribution in [1.82, 2.24) is 4.90 Å². The van der Waals surface area contributed by atoms with Gasteiger partial charge in [-0.3, -0.25) is 4.79 Å². The van der Waals surface area contributed by atoms with Gasteiger partial charge in [-0.2, -0.15) is 0 Å². The van der Waals surface area contributed by atoms with Crippen molar-refractivity contribution < 1.29 is 14.3 Å². The van der Waals surface area contributed by atoms with E-state index in [2.05, 4.69) is 6.92 Å². The van der Waals surface area contributed by atoms with Crippen molar-refractivity contribution in [2.24, 2.45) is 5.92 Å². The standard InChI is InChI=1S/C13H22NO3/c1-10(15)9-11-5-7-14(8-6-11)12(16)17-13(2,3)4/h11H,1,5-9H2,2-4H3. The Morgan fingerprint density at radius 3 is 2.24 bits per heavy atom. The molecule has 1 heterocycles. The van der Waals surface area contributed by atoms with Crippen LogP contribution in [0.15, 0.2) is 0 Å². The summed E-state index contributed by atoms with van der Waals surface area (Å²) in [6, 6.07) is 0. The number of nitrogens with zero attached hydrogens (tertiary/aromatic N) is 1. The molecule has 4 nitrogen and oxygen atoms in total. The van der Waals surface area contributed by atoms with Gasteiger partial charge in [-0.05, 0) is 39.5 Å². The van der Waals surface area contributed by atoms with Crippen LogP contribution in [0.5, 0.6) is 0 Å². The molecule has 1 amide bonds. The van der Waals surface area contributed by atoms with Crippen molar-refractivity contribution in [3.63, 3.8) is 0 Å². The summed E-state index contributed by atoms with van der Waals surface area (Å²) >= 11 is 0. The first-order valence-corrected chi connectivity index (χ1v) is 6.10. The predicted octanol–water partition coefficient (Wildman–Crippen LogP) is 2.43. The second-order valence-electron chi connectivity index (χ2n) is 5.65. The topological polar surface area (TPSA) is 46.6 Å². The molecule has 0 N–H and O–H groups in total. The van der Waals surface area contributed by atoms with Gasteiger partial charge >= 0.3 is 6.09 Å². The lowest BCUT2D eigenvalue weighted by atomic mass is 9.92. The second kappa shape index (κ2) is 5.52. The highest BCUT2D eigenvalue weighted by atomic mass is 16.6. The largest absolute Gasteiger partial charge is 0.444 e. The normalized spacial score (nSPS) is 18.0. The molecule has 97 valence electrons. The van der Waals surface area contributed by atoms with Crippen molar-refractivity contribution in [2.45, 2.75) is 45.6 Å². The quantitative estimate of drug-likeness (QED) is 0.744. The molecule has 17 heavy (non-hydrogen) atoms. The van der Waals surface area contributed by atoms with E-state index in [1.54, 1.807) is 4.90 Å². The predicted molar refractivity (Wildman–Crippen MR) is 65.5 cm³/mol. The van der Waals surface area contributed by atoms with Crippen LogP contribution in [-0.2, 0) is 9.53 Å². The Morgan fingerprint density at radius 1 is 1.29 bits per heavy atom. The summed E-state index contributed by atoms with van der Waals surface area (Å²) in [4.78, 5) is 24.4. The van der Waals surface area contributed by atoms with Crippen LogP contribution < -0.4 is 0 Å². The average Bonchev–Trinajstić information content (AvgIpc) is 2.15. The number of amides is 1. The summed E-state index contributed by atoms with van der Waals surface area (Å²) in [6.45, 7) is 10.3. The van der Waals surface area contributed by atoms with Crippen LogP contribution in [0, 0.1) is 12.8 Å². The van der Waals surface area contributed by atoms with Crippen LogP contribution >= 0.6 is 0 Å². The number of ketones is 1. The molecule has 0 aromatic rings. The van der Waals surface area contributed by atoms with Crippen molar-refractivity contribution in [3.8, 4) is 0 Å². The Labute approximate surface area is 103 Å². The number of carbonyl (C=O) groups is 2. The third-order valence-electron chi connectivity index (χ3n) is 2.78. The smallest absolute Gasteiger partial charge is 0.410 e. The van der Waals surface area contributed by atoms with Gasteiger partial charge in [0.05, 0.1) is 0 Å². The molecule has 0 saturated carbocycles. The first-order valence-electron chi connectivity index (χ1n) is 6.10. The van der Waals surface area contributed by atoms with E-state index in [1.807, 2.05) is 20.8 Å². The zero-order valence-corrected chi connectivity index (χ0v) is 11.0. The van der Waals surface area contributed by atoms with Gasteiger partial charge in [0.1, 0.15) is 11.4 Å². The number of likely N-dealkylation sites (tertiary alicyclic amines) is 1. The van der Waals surface area contributed by atoms with Crippen LogP contribution in [0.4, 0.5) is 4.79 Å². The number of hydrogen-bond acceptors (Lipinski definition) is 3. The molecule has 0 aliphatic carbocycles. The van der Waals surface area contributed by atoms with Crippen LogP contribution in [0.25, 0.3) is 0 Å². The summed E-state index contributed by atoms with van der Waals surface area (Å²) in [5.41, 5.74) is -0.447. The van der Waals surface area contributed by atoms with Gasteiger partial charge in [-0.25, -0.2) is 4.79 Å². The fourth-order valence-corrected chi connectivity index (χ4v) is 1.97. The average molecular weight is 240 g/mol. The lowest BCUT2D eigenvalue weighted by Gasteiger charge is -2.33. The highest BCUT2D eigenvalue weighted by Gasteiger charge is 2.27. The highest BCUT2D eigenvalue weighted by molar-refractivity contribution is 5.82. The summed E-state index contributed by atoms with van der Waals surface area (Å²) in [5, 5.41) is 0. The highest BCUT2D eigenvalue weighted by Crippen LogP contribution is 2.22.